The van der Waals surface area contributed by atoms with Crippen LogP contribution in [0.4, 0.5) is 5.69 Å². The van der Waals surface area contributed by atoms with Gasteiger partial charge in [0, 0.05) is 19.2 Å². The molecule has 0 aromatic heterocycles. The lowest BCUT2D eigenvalue weighted by Gasteiger charge is -2.30. The zero-order valence-corrected chi connectivity index (χ0v) is 20.6. The van der Waals surface area contributed by atoms with E-state index in [4.69, 9.17) is 9.47 Å². The molecule has 1 amide bonds. The zero-order chi connectivity index (χ0) is 24.1. The number of fused-ring (bicyclic) bond motifs is 1. The fourth-order valence-corrected chi connectivity index (χ4v) is 5.72. The highest BCUT2D eigenvalue weighted by atomic mass is 32.2. The van der Waals surface area contributed by atoms with Crippen molar-refractivity contribution in [1.29, 1.82) is 0 Å². The third kappa shape index (κ3) is 5.82. The maximum Gasteiger partial charge on any atom is 0.243 e. The molecule has 2 heterocycles. The van der Waals surface area contributed by atoms with Crippen molar-refractivity contribution in [2.24, 2.45) is 0 Å². The van der Waals surface area contributed by atoms with Crippen molar-refractivity contribution in [2.45, 2.75) is 45.3 Å². The summed E-state index contributed by atoms with van der Waals surface area (Å²) < 4.78 is 37.6. The summed E-state index contributed by atoms with van der Waals surface area (Å²) in [5, 5.41) is 2.94. The van der Waals surface area contributed by atoms with Gasteiger partial charge in [0.2, 0.25) is 15.9 Å². The van der Waals surface area contributed by atoms with E-state index in [1.54, 1.807) is 25.1 Å². The Morgan fingerprint density at radius 1 is 1.03 bits per heavy atom. The van der Waals surface area contributed by atoms with E-state index in [1.165, 1.54) is 24.8 Å². The Kier molecular flexibility index (Phi) is 7.63. The monoisotopic (exact) mass is 487 g/mol. The molecular weight excluding hydrogens is 454 g/mol. The van der Waals surface area contributed by atoms with Crippen LogP contribution in [0.3, 0.4) is 0 Å². The Bertz CT molecular complexity index is 1120. The molecule has 34 heavy (non-hydrogen) atoms. The van der Waals surface area contributed by atoms with E-state index in [-0.39, 0.29) is 5.91 Å². The number of likely N-dealkylation sites (tertiary alicyclic amines) is 1. The molecule has 1 saturated heterocycles. The average molecular weight is 488 g/mol. The van der Waals surface area contributed by atoms with Crippen LogP contribution in [0, 0.1) is 0 Å². The third-order valence-electron chi connectivity index (χ3n) is 6.28. The summed E-state index contributed by atoms with van der Waals surface area (Å²) in [5.74, 6) is 0.663. The Morgan fingerprint density at radius 2 is 1.71 bits per heavy atom. The number of nitrogens with zero attached hydrogens (tertiary/aromatic N) is 2. The van der Waals surface area contributed by atoms with Crippen LogP contribution in [0.2, 0.25) is 0 Å². The molecule has 8 nitrogen and oxygen atoms in total. The van der Waals surface area contributed by atoms with E-state index in [9.17, 15) is 13.2 Å². The fraction of sp³-hybridized carbons (Fsp3) is 0.480. The van der Waals surface area contributed by atoms with Crippen molar-refractivity contribution < 1.29 is 22.7 Å². The number of sulfonamides is 1. The molecule has 0 radical (unpaired) electrons. The van der Waals surface area contributed by atoms with Gasteiger partial charge in [0.05, 0.1) is 11.9 Å². The molecule has 1 N–H and O–H groups in total. The van der Waals surface area contributed by atoms with Crippen molar-refractivity contribution in [3.05, 3.63) is 53.6 Å². The van der Waals surface area contributed by atoms with Gasteiger partial charge in [-0.2, -0.15) is 0 Å². The molecule has 2 aliphatic heterocycles. The number of amides is 1. The predicted octanol–water partition coefficient (Wildman–Crippen LogP) is 2.91. The molecule has 0 unspecified atom stereocenters. The lowest BCUT2D eigenvalue weighted by Crippen LogP contribution is -2.47. The lowest BCUT2D eigenvalue weighted by atomic mass is 10.0. The van der Waals surface area contributed by atoms with Crippen LogP contribution < -0.4 is 19.1 Å². The topological polar surface area (TPSA) is 88.2 Å². The number of anilines is 1. The van der Waals surface area contributed by atoms with Crippen LogP contribution in [-0.2, 0) is 27.9 Å². The minimum absolute atomic E-state index is 0.339. The summed E-state index contributed by atoms with van der Waals surface area (Å²) in [5.41, 5.74) is 2.59. The van der Waals surface area contributed by atoms with Gasteiger partial charge in [-0.05, 0) is 56.1 Å². The molecule has 2 aromatic rings. The number of carbonyl (C=O) groups excluding carboxylic acids is 1. The van der Waals surface area contributed by atoms with E-state index >= 15 is 0 Å². The molecule has 0 spiro atoms. The number of hydrogen-bond donors (Lipinski definition) is 1. The van der Waals surface area contributed by atoms with E-state index in [2.05, 4.69) is 16.3 Å². The highest BCUT2D eigenvalue weighted by molar-refractivity contribution is 7.92. The number of rotatable bonds is 8. The van der Waals surface area contributed by atoms with Crippen LogP contribution in [0.1, 0.15) is 37.3 Å². The molecule has 184 valence electrons. The number of benzene rings is 2. The molecule has 0 saturated carbocycles. The first kappa shape index (κ1) is 24.3. The first-order valence-corrected chi connectivity index (χ1v) is 13.6. The second kappa shape index (κ2) is 10.7. The van der Waals surface area contributed by atoms with Gasteiger partial charge < -0.3 is 14.8 Å². The highest BCUT2D eigenvalue weighted by Gasteiger charge is 2.30. The largest absolute Gasteiger partial charge is 0.486 e. The second-order valence-corrected chi connectivity index (χ2v) is 10.7. The molecule has 1 fully saturated rings. The van der Waals surface area contributed by atoms with Crippen molar-refractivity contribution >= 4 is 21.6 Å². The van der Waals surface area contributed by atoms with Crippen molar-refractivity contribution in [3.8, 4) is 11.5 Å². The summed E-state index contributed by atoms with van der Waals surface area (Å²) >= 11 is 0. The van der Waals surface area contributed by atoms with Gasteiger partial charge in [0.25, 0.3) is 0 Å². The van der Waals surface area contributed by atoms with Crippen LogP contribution in [0.15, 0.2) is 42.5 Å². The van der Waals surface area contributed by atoms with Gasteiger partial charge in [0.15, 0.2) is 11.5 Å². The lowest BCUT2D eigenvalue weighted by molar-refractivity contribution is -0.122. The Morgan fingerprint density at radius 3 is 2.41 bits per heavy atom. The predicted molar refractivity (Wildman–Crippen MR) is 132 cm³/mol. The van der Waals surface area contributed by atoms with Gasteiger partial charge in [-0.3, -0.25) is 14.0 Å². The second-order valence-electron chi connectivity index (χ2n) is 8.89. The molecule has 0 aliphatic carbocycles. The molecular formula is C25H33N3O5S. The zero-order valence-electron chi connectivity index (χ0n) is 19.8. The molecule has 0 bridgehead atoms. The van der Waals surface area contributed by atoms with Crippen molar-refractivity contribution in [3.63, 3.8) is 0 Å². The van der Waals surface area contributed by atoms with Crippen molar-refractivity contribution in [1.82, 2.24) is 10.2 Å². The molecule has 1 atom stereocenters. The Balaban J connectivity index is 1.47. The Labute approximate surface area is 201 Å². The first-order valence-electron chi connectivity index (χ1n) is 11.8. The molecule has 2 aliphatic rings. The van der Waals surface area contributed by atoms with Gasteiger partial charge in [0.1, 0.15) is 19.3 Å². The van der Waals surface area contributed by atoms with Crippen LogP contribution >= 0.6 is 0 Å². The van der Waals surface area contributed by atoms with Crippen LogP contribution in [0.25, 0.3) is 0 Å². The summed E-state index contributed by atoms with van der Waals surface area (Å²) in [7, 11) is -3.73. The fourth-order valence-electron chi connectivity index (χ4n) is 4.55. The van der Waals surface area contributed by atoms with Crippen LogP contribution in [-0.4, -0.2) is 57.8 Å². The van der Waals surface area contributed by atoms with Gasteiger partial charge in [-0.15, -0.1) is 0 Å². The number of nitrogens with one attached hydrogen (secondary N) is 1. The average Bonchev–Trinajstić information content (AvgIpc) is 2.83. The summed E-state index contributed by atoms with van der Waals surface area (Å²) in [6.07, 6.45) is 4.82. The maximum atomic E-state index is 13.1. The number of carbonyl (C=O) groups is 1. The Hall–Kier alpha value is -2.78. The van der Waals surface area contributed by atoms with E-state index in [0.717, 1.165) is 35.8 Å². The highest BCUT2D eigenvalue weighted by Crippen LogP contribution is 2.35. The first-order chi connectivity index (χ1) is 16.3. The van der Waals surface area contributed by atoms with Crippen molar-refractivity contribution in [2.75, 3.05) is 36.9 Å². The normalized spacial score (nSPS) is 17.1. The van der Waals surface area contributed by atoms with Gasteiger partial charge in [-0.1, -0.05) is 30.7 Å². The van der Waals surface area contributed by atoms with Gasteiger partial charge >= 0.3 is 0 Å². The van der Waals surface area contributed by atoms with Gasteiger partial charge in [-0.25, -0.2) is 8.42 Å². The van der Waals surface area contributed by atoms with Crippen LogP contribution in [0.5, 0.6) is 11.5 Å². The maximum absolute atomic E-state index is 13.1. The minimum atomic E-state index is -3.73. The standard InChI is InChI=1S/C25H33N3O5S/c1-19(28(34(2,30)31)22-10-11-23-24(16-22)33-15-14-32-23)25(29)26-17-20-8-4-5-9-21(20)18-27-12-6-3-7-13-27/h4-5,8-11,16,19H,3,6-7,12-15,17-18H2,1-2H3,(H,26,29)/t19-/m0/s1. The summed E-state index contributed by atoms with van der Waals surface area (Å²) in [6, 6.07) is 12.1. The number of piperidine rings is 1. The van der Waals surface area contributed by atoms with E-state index in [0.29, 0.717) is 36.9 Å². The smallest absolute Gasteiger partial charge is 0.243 e. The third-order valence-corrected chi connectivity index (χ3v) is 7.52. The SMILES string of the molecule is C[C@@H](C(=O)NCc1ccccc1CN1CCCCC1)N(c1ccc2c(c1)OCCO2)S(C)(=O)=O. The minimum Gasteiger partial charge on any atom is -0.486 e. The molecule has 4 rings (SSSR count). The molecule has 2 aromatic carbocycles. The summed E-state index contributed by atoms with van der Waals surface area (Å²) in [6.45, 7) is 5.81. The summed E-state index contributed by atoms with van der Waals surface area (Å²) in [4.78, 5) is 15.5. The number of ether oxygens (including phenoxy) is 2. The van der Waals surface area contributed by atoms with E-state index < -0.39 is 16.1 Å². The quantitative estimate of drug-likeness (QED) is 0.616. The van der Waals surface area contributed by atoms with E-state index in [1.807, 2.05) is 18.2 Å². The number of hydrogen-bond acceptors (Lipinski definition) is 6. The molecule has 9 heteroatoms.